The van der Waals surface area contributed by atoms with Gasteiger partial charge in [-0.1, -0.05) is 51.9 Å². The highest BCUT2D eigenvalue weighted by Gasteiger charge is 2.16. The molecule has 0 heterocycles. The van der Waals surface area contributed by atoms with Gasteiger partial charge in [-0.3, -0.25) is 4.89 Å². The highest BCUT2D eigenvalue weighted by atomic mass is 17.2. The van der Waals surface area contributed by atoms with E-state index in [1.54, 1.807) is 18.2 Å². The van der Waals surface area contributed by atoms with Crippen molar-refractivity contribution in [3.8, 4) is 11.5 Å². The molecular formula is C19H30O5. The van der Waals surface area contributed by atoms with Crippen LogP contribution >= 0.6 is 0 Å². The number of ether oxygens (including phenoxy) is 2. The van der Waals surface area contributed by atoms with Gasteiger partial charge in [-0.15, -0.1) is 0 Å². The molecule has 0 N–H and O–H groups in total. The first-order valence-electron chi connectivity index (χ1n) is 8.78. The van der Waals surface area contributed by atoms with Gasteiger partial charge >= 0.3 is 5.97 Å². The standard InChI is InChI=1S/C19H30O5/c1-4-5-6-7-8-9-10-11-14-23-24-19(20)17-15-16(21-2)12-13-18(17)22-3/h12-13,15H,4-11,14H2,1-3H3. The molecule has 24 heavy (non-hydrogen) atoms. The molecule has 1 aromatic rings. The van der Waals surface area contributed by atoms with Crippen LogP contribution in [0.2, 0.25) is 0 Å². The summed E-state index contributed by atoms with van der Waals surface area (Å²) < 4.78 is 10.3. The Hall–Kier alpha value is -1.75. The molecule has 0 amide bonds. The lowest BCUT2D eigenvalue weighted by Gasteiger charge is -2.09. The maximum absolute atomic E-state index is 12.0. The van der Waals surface area contributed by atoms with E-state index in [9.17, 15) is 4.79 Å². The highest BCUT2D eigenvalue weighted by molar-refractivity contribution is 5.92. The van der Waals surface area contributed by atoms with E-state index in [0.717, 1.165) is 12.8 Å². The van der Waals surface area contributed by atoms with E-state index in [2.05, 4.69) is 6.92 Å². The first-order chi connectivity index (χ1) is 11.7. The number of benzene rings is 1. The van der Waals surface area contributed by atoms with Crippen molar-refractivity contribution >= 4 is 5.97 Å². The molecule has 0 fully saturated rings. The molecule has 0 aliphatic heterocycles. The van der Waals surface area contributed by atoms with E-state index in [4.69, 9.17) is 19.2 Å². The van der Waals surface area contributed by atoms with Crippen LogP contribution in [0.5, 0.6) is 11.5 Å². The van der Waals surface area contributed by atoms with E-state index in [1.807, 2.05) is 0 Å². The first kappa shape index (κ1) is 20.3. The fourth-order valence-corrected chi connectivity index (χ4v) is 2.41. The van der Waals surface area contributed by atoms with Crippen LogP contribution in [-0.2, 0) is 9.78 Å². The van der Waals surface area contributed by atoms with Crippen molar-refractivity contribution in [2.45, 2.75) is 58.3 Å². The van der Waals surface area contributed by atoms with Crippen LogP contribution < -0.4 is 9.47 Å². The SMILES string of the molecule is CCCCCCCCCCOOC(=O)c1cc(OC)ccc1OC. The molecule has 0 unspecified atom stereocenters. The Bertz CT molecular complexity index is 473. The molecule has 0 saturated carbocycles. The molecule has 5 heteroatoms. The van der Waals surface area contributed by atoms with Crippen molar-refractivity contribution < 1.29 is 24.0 Å². The fourth-order valence-electron chi connectivity index (χ4n) is 2.41. The topological polar surface area (TPSA) is 54.0 Å². The Morgan fingerprint density at radius 2 is 1.58 bits per heavy atom. The predicted molar refractivity (Wildman–Crippen MR) is 93.5 cm³/mol. The van der Waals surface area contributed by atoms with Crippen molar-refractivity contribution in [2.24, 2.45) is 0 Å². The molecule has 1 rings (SSSR count). The van der Waals surface area contributed by atoms with Gasteiger partial charge in [0, 0.05) is 0 Å². The zero-order valence-corrected chi connectivity index (χ0v) is 15.1. The van der Waals surface area contributed by atoms with E-state index in [1.165, 1.54) is 52.7 Å². The fraction of sp³-hybridized carbons (Fsp3) is 0.632. The monoisotopic (exact) mass is 338 g/mol. The van der Waals surface area contributed by atoms with E-state index < -0.39 is 5.97 Å². The molecular weight excluding hydrogens is 308 g/mol. The highest BCUT2D eigenvalue weighted by Crippen LogP contribution is 2.24. The smallest absolute Gasteiger partial charge is 0.376 e. The van der Waals surface area contributed by atoms with Gasteiger partial charge in [0.2, 0.25) is 0 Å². The maximum atomic E-state index is 12.0. The summed E-state index contributed by atoms with van der Waals surface area (Å²) >= 11 is 0. The first-order valence-corrected chi connectivity index (χ1v) is 8.78. The van der Waals surface area contributed by atoms with Crippen molar-refractivity contribution in [1.29, 1.82) is 0 Å². The molecule has 0 aromatic heterocycles. The van der Waals surface area contributed by atoms with Crippen molar-refractivity contribution in [3.05, 3.63) is 23.8 Å². The lowest BCUT2D eigenvalue weighted by molar-refractivity contribution is -0.241. The van der Waals surface area contributed by atoms with Crippen LogP contribution in [-0.4, -0.2) is 26.8 Å². The lowest BCUT2D eigenvalue weighted by atomic mass is 10.1. The molecule has 0 aliphatic rings. The number of hydrogen-bond donors (Lipinski definition) is 0. The Balaban J connectivity index is 2.20. The number of hydrogen-bond acceptors (Lipinski definition) is 5. The van der Waals surface area contributed by atoms with Crippen LogP contribution in [0.4, 0.5) is 0 Å². The Morgan fingerprint density at radius 3 is 2.21 bits per heavy atom. The Morgan fingerprint density at radius 1 is 0.917 bits per heavy atom. The molecule has 5 nitrogen and oxygen atoms in total. The van der Waals surface area contributed by atoms with Gasteiger partial charge in [0.05, 0.1) is 20.8 Å². The zero-order valence-electron chi connectivity index (χ0n) is 15.1. The molecule has 0 atom stereocenters. The summed E-state index contributed by atoms with van der Waals surface area (Å²) in [5.74, 6) is 0.410. The number of rotatable bonds is 13. The summed E-state index contributed by atoms with van der Waals surface area (Å²) in [4.78, 5) is 21.9. The third-order valence-corrected chi connectivity index (χ3v) is 3.84. The minimum Gasteiger partial charge on any atom is -0.497 e. The summed E-state index contributed by atoms with van der Waals surface area (Å²) in [6.45, 7) is 2.63. The van der Waals surface area contributed by atoms with Crippen LogP contribution in [0, 0.1) is 0 Å². The zero-order chi connectivity index (χ0) is 17.6. The molecule has 0 spiro atoms. The summed E-state index contributed by atoms with van der Waals surface area (Å²) in [5, 5.41) is 0. The Kier molecular flexibility index (Phi) is 10.7. The van der Waals surface area contributed by atoms with Crippen molar-refractivity contribution in [2.75, 3.05) is 20.8 Å². The largest absolute Gasteiger partial charge is 0.497 e. The number of carbonyl (C=O) groups excluding carboxylic acids is 1. The minimum atomic E-state index is -0.578. The predicted octanol–water partition coefficient (Wildman–Crippen LogP) is 4.93. The third kappa shape index (κ3) is 7.68. The van der Waals surface area contributed by atoms with Gasteiger partial charge in [-0.2, -0.15) is 4.89 Å². The second kappa shape index (κ2) is 12.6. The average molecular weight is 338 g/mol. The third-order valence-electron chi connectivity index (χ3n) is 3.84. The van der Waals surface area contributed by atoms with Gasteiger partial charge in [-0.25, -0.2) is 4.79 Å². The van der Waals surface area contributed by atoms with E-state index in [-0.39, 0.29) is 5.56 Å². The lowest BCUT2D eigenvalue weighted by Crippen LogP contribution is -2.09. The average Bonchev–Trinajstić information content (AvgIpc) is 2.62. The minimum absolute atomic E-state index is 0.285. The summed E-state index contributed by atoms with van der Waals surface area (Å²) in [7, 11) is 3.04. The normalized spacial score (nSPS) is 10.5. The van der Waals surface area contributed by atoms with Gasteiger partial charge < -0.3 is 9.47 Å². The number of methoxy groups -OCH3 is 2. The summed E-state index contributed by atoms with van der Waals surface area (Å²) in [5.41, 5.74) is 0.285. The Labute approximate surface area is 145 Å². The molecule has 136 valence electrons. The van der Waals surface area contributed by atoms with Crippen LogP contribution in [0.15, 0.2) is 18.2 Å². The summed E-state index contributed by atoms with van der Waals surface area (Å²) in [6, 6.07) is 4.95. The van der Waals surface area contributed by atoms with Crippen LogP contribution in [0.25, 0.3) is 0 Å². The second-order valence-electron chi connectivity index (χ2n) is 5.73. The molecule has 0 aliphatic carbocycles. The quantitative estimate of drug-likeness (QED) is 0.290. The van der Waals surface area contributed by atoms with Gasteiger partial charge in [-0.05, 0) is 24.6 Å². The molecule has 0 bridgehead atoms. The van der Waals surface area contributed by atoms with Crippen LogP contribution in [0.1, 0.15) is 68.6 Å². The van der Waals surface area contributed by atoms with Gasteiger partial charge in [0.1, 0.15) is 17.1 Å². The van der Waals surface area contributed by atoms with Crippen molar-refractivity contribution in [3.63, 3.8) is 0 Å². The summed E-state index contributed by atoms with van der Waals surface area (Å²) in [6.07, 6.45) is 9.67. The van der Waals surface area contributed by atoms with Gasteiger partial charge in [0.15, 0.2) is 0 Å². The van der Waals surface area contributed by atoms with Crippen molar-refractivity contribution in [1.82, 2.24) is 0 Å². The second-order valence-corrected chi connectivity index (χ2v) is 5.73. The number of carbonyl (C=O) groups is 1. The maximum Gasteiger partial charge on any atom is 0.376 e. The van der Waals surface area contributed by atoms with Gasteiger partial charge in [0.25, 0.3) is 0 Å². The van der Waals surface area contributed by atoms with E-state index in [0.29, 0.717) is 18.1 Å². The van der Waals surface area contributed by atoms with Crippen LogP contribution in [0.3, 0.4) is 0 Å². The number of unbranched alkanes of at least 4 members (excludes halogenated alkanes) is 7. The molecule has 0 saturated heterocycles. The molecule has 0 radical (unpaired) electrons. The van der Waals surface area contributed by atoms with E-state index >= 15 is 0 Å². The molecule has 1 aromatic carbocycles.